The fourth-order valence-electron chi connectivity index (χ4n) is 1.85. The summed E-state index contributed by atoms with van der Waals surface area (Å²) >= 11 is 0. The first-order valence-electron chi connectivity index (χ1n) is 6.65. The van der Waals surface area contributed by atoms with E-state index in [4.69, 9.17) is 10.5 Å². The van der Waals surface area contributed by atoms with Crippen molar-refractivity contribution < 1.29 is 14.3 Å². The molecule has 0 spiro atoms. The predicted molar refractivity (Wildman–Crippen MR) is 74.6 cm³/mol. The molecular formula is C13H27N3O3. The number of amides is 2. The maximum absolute atomic E-state index is 12.1. The van der Waals surface area contributed by atoms with Crippen LogP contribution in [0.3, 0.4) is 0 Å². The van der Waals surface area contributed by atoms with E-state index in [2.05, 4.69) is 5.32 Å². The van der Waals surface area contributed by atoms with E-state index in [1.165, 1.54) is 4.90 Å². The van der Waals surface area contributed by atoms with Crippen molar-refractivity contribution in [2.45, 2.75) is 38.6 Å². The van der Waals surface area contributed by atoms with E-state index >= 15 is 0 Å². The van der Waals surface area contributed by atoms with Gasteiger partial charge in [0.2, 0.25) is 11.8 Å². The lowest BCUT2D eigenvalue weighted by Crippen LogP contribution is -2.53. The Morgan fingerprint density at radius 3 is 2.58 bits per heavy atom. The minimum atomic E-state index is -0.903. The first-order chi connectivity index (χ1) is 8.85. The molecule has 0 fully saturated rings. The molecule has 3 N–H and O–H groups in total. The van der Waals surface area contributed by atoms with Crippen LogP contribution in [0.1, 0.15) is 33.1 Å². The fraction of sp³-hybridized carbons (Fsp3) is 0.846. The highest BCUT2D eigenvalue weighted by Gasteiger charge is 2.30. The van der Waals surface area contributed by atoms with Crippen molar-refractivity contribution in [1.82, 2.24) is 10.2 Å². The average Bonchev–Trinajstić information content (AvgIpc) is 2.33. The molecule has 2 amide bonds. The number of rotatable bonds is 9. The SMILES string of the molecule is CCCC(C)(N)C(=O)N(C)CC(=O)NCCCOC. The number of nitrogens with one attached hydrogen (secondary N) is 1. The summed E-state index contributed by atoms with van der Waals surface area (Å²) in [5.74, 6) is -0.388. The van der Waals surface area contributed by atoms with Gasteiger partial charge in [0.15, 0.2) is 0 Å². The minimum absolute atomic E-state index is 0.0301. The van der Waals surface area contributed by atoms with Crippen LogP contribution in [0.2, 0.25) is 0 Å². The second-order valence-corrected chi connectivity index (χ2v) is 5.02. The molecule has 0 bridgehead atoms. The van der Waals surface area contributed by atoms with Crippen LogP contribution in [0, 0.1) is 0 Å². The quantitative estimate of drug-likeness (QED) is 0.584. The highest BCUT2D eigenvalue weighted by molar-refractivity contribution is 5.89. The number of likely N-dealkylation sites (N-methyl/N-ethyl adjacent to an activating group) is 1. The lowest BCUT2D eigenvalue weighted by atomic mass is 9.96. The molecule has 6 nitrogen and oxygen atoms in total. The third-order valence-electron chi connectivity index (χ3n) is 2.83. The lowest BCUT2D eigenvalue weighted by Gasteiger charge is -2.28. The second kappa shape index (κ2) is 8.87. The molecule has 0 aliphatic rings. The van der Waals surface area contributed by atoms with Gasteiger partial charge in [-0.3, -0.25) is 9.59 Å². The summed E-state index contributed by atoms with van der Waals surface area (Å²) in [6.07, 6.45) is 2.19. The van der Waals surface area contributed by atoms with Crippen LogP contribution < -0.4 is 11.1 Å². The van der Waals surface area contributed by atoms with Crippen molar-refractivity contribution >= 4 is 11.8 Å². The number of hydrogen-bond acceptors (Lipinski definition) is 4. The number of carbonyl (C=O) groups excluding carboxylic acids is 2. The Kier molecular flexibility index (Phi) is 8.34. The van der Waals surface area contributed by atoms with Gasteiger partial charge in [-0.2, -0.15) is 0 Å². The highest BCUT2D eigenvalue weighted by Crippen LogP contribution is 2.11. The van der Waals surface area contributed by atoms with Gasteiger partial charge < -0.3 is 20.7 Å². The van der Waals surface area contributed by atoms with E-state index in [0.717, 1.165) is 12.8 Å². The van der Waals surface area contributed by atoms with Gasteiger partial charge >= 0.3 is 0 Å². The molecule has 1 unspecified atom stereocenters. The first-order valence-corrected chi connectivity index (χ1v) is 6.65. The van der Waals surface area contributed by atoms with Gasteiger partial charge in [-0.05, 0) is 19.8 Å². The predicted octanol–water partition coefficient (Wildman–Crippen LogP) is 0.115. The minimum Gasteiger partial charge on any atom is -0.385 e. The van der Waals surface area contributed by atoms with Crippen molar-refractivity contribution in [2.75, 3.05) is 33.9 Å². The number of methoxy groups -OCH3 is 1. The van der Waals surface area contributed by atoms with Gasteiger partial charge in [-0.1, -0.05) is 13.3 Å². The third-order valence-corrected chi connectivity index (χ3v) is 2.83. The zero-order chi connectivity index (χ0) is 14.9. The lowest BCUT2D eigenvalue weighted by molar-refractivity contribution is -0.138. The van der Waals surface area contributed by atoms with Crippen LogP contribution in [-0.4, -0.2) is 56.1 Å². The van der Waals surface area contributed by atoms with Gasteiger partial charge in [0.25, 0.3) is 0 Å². The number of nitrogens with zero attached hydrogens (tertiary/aromatic N) is 1. The Morgan fingerprint density at radius 2 is 2.05 bits per heavy atom. The summed E-state index contributed by atoms with van der Waals surface area (Å²) in [6, 6.07) is 0. The van der Waals surface area contributed by atoms with Crippen LogP contribution >= 0.6 is 0 Å². The summed E-state index contributed by atoms with van der Waals surface area (Å²) < 4.78 is 4.88. The average molecular weight is 273 g/mol. The van der Waals surface area contributed by atoms with Crippen LogP contribution in [0.5, 0.6) is 0 Å². The molecule has 19 heavy (non-hydrogen) atoms. The van der Waals surface area contributed by atoms with Crippen molar-refractivity contribution in [2.24, 2.45) is 5.73 Å². The van der Waals surface area contributed by atoms with Gasteiger partial charge in [0.1, 0.15) is 0 Å². The zero-order valence-corrected chi connectivity index (χ0v) is 12.5. The molecule has 0 aromatic heterocycles. The molecule has 0 saturated carbocycles. The molecule has 0 aromatic carbocycles. The van der Waals surface area contributed by atoms with Gasteiger partial charge in [0, 0.05) is 27.3 Å². The summed E-state index contributed by atoms with van der Waals surface area (Å²) in [7, 11) is 3.21. The summed E-state index contributed by atoms with van der Waals surface area (Å²) in [5, 5.41) is 2.73. The highest BCUT2D eigenvalue weighted by atomic mass is 16.5. The van der Waals surface area contributed by atoms with E-state index in [9.17, 15) is 9.59 Å². The molecule has 0 aliphatic carbocycles. The maximum Gasteiger partial charge on any atom is 0.242 e. The molecule has 0 saturated heterocycles. The smallest absolute Gasteiger partial charge is 0.242 e. The van der Waals surface area contributed by atoms with Crippen LogP contribution in [-0.2, 0) is 14.3 Å². The normalized spacial score (nSPS) is 13.7. The van der Waals surface area contributed by atoms with Crippen molar-refractivity contribution in [3.05, 3.63) is 0 Å². The van der Waals surface area contributed by atoms with Crippen molar-refractivity contribution in [1.29, 1.82) is 0 Å². The second-order valence-electron chi connectivity index (χ2n) is 5.02. The first kappa shape index (κ1) is 17.9. The van der Waals surface area contributed by atoms with Crippen molar-refractivity contribution in [3.8, 4) is 0 Å². The number of ether oxygens (including phenoxy) is 1. The van der Waals surface area contributed by atoms with Crippen molar-refractivity contribution in [3.63, 3.8) is 0 Å². The van der Waals surface area contributed by atoms with E-state index in [0.29, 0.717) is 19.6 Å². The Morgan fingerprint density at radius 1 is 1.42 bits per heavy atom. The molecule has 0 rings (SSSR count). The summed E-state index contributed by atoms with van der Waals surface area (Å²) in [6.45, 7) is 4.85. The third kappa shape index (κ3) is 7.12. The summed E-state index contributed by atoms with van der Waals surface area (Å²) in [5.41, 5.74) is 5.04. The molecule has 0 aliphatic heterocycles. The molecule has 0 heterocycles. The maximum atomic E-state index is 12.1. The van der Waals surface area contributed by atoms with Gasteiger partial charge in [-0.15, -0.1) is 0 Å². The van der Waals surface area contributed by atoms with Gasteiger partial charge in [-0.25, -0.2) is 0 Å². The molecular weight excluding hydrogens is 246 g/mol. The van der Waals surface area contributed by atoms with E-state index in [-0.39, 0.29) is 18.4 Å². The summed E-state index contributed by atoms with van der Waals surface area (Å²) in [4.78, 5) is 25.1. The molecule has 6 heteroatoms. The Bertz CT molecular complexity index is 293. The molecule has 1 atom stereocenters. The molecule has 112 valence electrons. The Balaban J connectivity index is 4.11. The monoisotopic (exact) mass is 273 g/mol. The Labute approximate surface area is 115 Å². The standard InChI is InChI=1S/C13H27N3O3/c1-5-7-13(2,14)12(18)16(3)10-11(17)15-8-6-9-19-4/h5-10,14H2,1-4H3,(H,15,17). The van der Waals surface area contributed by atoms with E-state index in [1.54, 1.807) is 21.1 Å². The largest absolute Gasteiger partial charge is 0.385 e. The van der Waals surface area contributed by atoms with Gasteiger partial charge in [0.05, 0.1) is 12.1 Å². The van der Waals surface area contributed by atoms with Crippen LogP contribution in [0.15, 0.2) is 0 Å². The van der Waals surface area contributed by atoms with Crippen LogP contribution in [0.4, 0.5) is 0 Å². The van der Waals surface area contributed by atoms with E-state index < -0.39 is 5.54 Å². The Hall–Kier alpha value is -1.14. The topological polar surface area (TPSA) is 84.7 Å². The zero-order valence-electron chi connectivity index (χ0n) is 12.5. The fourth-order valence-corrected chi connectivity index (χ4v) is 1.85. The van der Waals surface area contributed by atoms with E-state index in [1.807, 2.05) is 6.92 Å². The molecule has 0 aromatic rings. The van der Waals surface area contributed by atoms with Crippen LogP contribution in [0.25, 0.3) is 0 Å². The number of hydrogen-bond donors (Lipinski definition) is 2. The number of carbonyl (C=O) groups is 2. The molecule has 0 radical (unpaired) electrons. The number of nitrogens with two attached hydrogens (primary N) is 1.